The van der Waals surface area contributed by atoms with Gasteiger partial charge in [-0.2, -0.15) is 5.26 Å². The Morgan fingerprint density at radius 3 is 2.72 bits per heavy atom. The molecule has 0 aliphatic carbocycles. The third-order valence-electron chi connectivity index (χ3n) is 4.32. The maximum atomic E-state index is 12.3. The molecule has 0 radical (unpaired) electrons. The number of nitrogens with zero attached hydrogens (tertiary/aromatic N) is 5. The van der Waals surface area contributed by atoms with Crippen molar-refractivity contribution < 1.29 is 14.0 Å². The van der Waals surface area contributed by atoms with E-state index >= 15 is 0 Å². The van der Waals surface area contributed by atoms with Crippen LogP contribution >= 0.6 is 0 Å². The predicted octanol–water partition coefficient (Wildman–Crippen LogP) is 0.776. The van der Waals surface area contributed by atoms with Crippen molar-refractivity contribution in [1.29, 1.82) is 5.26 Å². The number of nitrogens with one attached hydrogen (secondary N) is 1. The van der Waals surface area contributed by atoms with Gasteiger partial charge in [-0.25, -0.2) is 14.3 Å². The number of nitriles is 1. The van der Waals surface area contributed by atoms with Crippen LogP contribution in [0.1, 0.15) is 11.3 Å². The lowest BCUT2D eigenvalue weighted by Crippen LogP contribution is -2.21. The Balaban J connectivity index is 1.80. The molecule has 4 aromatic rings. The lowest BCUT2D eigenvalue weighted by molar-refractivity contribution is 0.355. The van der Waals surface area contributed by atoms with E-state index in [0.717, 1.165) is 4.52 Å². The van der Waals surface area contributed by atoms with Crippen LogP contribution in [-0.2, 0) is 6.54 Å². The number of benzene rings is 1. The second kappa shape index (κ2) is 7.01. The lowest BCUT2D eigenvalue weighted by Gasteiger charge is -2.09. The van der Waals surface area contributed by atoms with Gasteiger partial charge >= 0.3 is 5.76 Å². The van der Waals surface area contributed by atoms with Gasteiger partial charge in [0.2, 0.25) is 0 Å². The van der Waals surface area contributed by atoms with Crippen LogP contribution in [0.2, 0.25) is 0 Å². The predicted molar refractivity (Wildman–Crippen MR) is 98.9 cm³/mol. The van der Waals surface area contributed by atoms with E-state index in [0.29, 0.717) is 17.1 Å². The molecule has 0 saturated carbocycles. The molecule has 4 rings (SSSR count). The van der Waals surface area contributed by atoms with Crippen molar-refractivity contribution in [3.63, 3.8) is 0 Å². The Hall–Kier alpha value is -4.33. The summed E-state index contributed by atoms with van der Waals surface area (Å²) in [6.45, 7) is -0.0756. The van der Waals surface area contributed by atoms with Crippen molar-refractivity contribution in [3.8, 4) is 29.0 Å². The average Bonchev–Trinajstić information content (AvgIpc) is 3.31. The van der Waals surface area contributed by atoms with Crippen LogP contribution in [0, 0.1) is 11.3 Å². The van der Waals surface area contributed by atoms with Crippen LogP contribution in [0.3, 0.4) is 0 Å². The van der Waals surface area contributed by atoms with Crippen molar-refractivity contribution in [1.82, 2.24) is 24.3 Å². The fourth-order valence-corrected chi connectivity index (χ4v) is 2.94. The van der Waals surface area contributed by atoms with Crippen LogP contribution in [0.5, 0.6) is 11.5 Å². The van der Waals surface area contributed by atoms with Crippen molar-refractivity contribution in [2.24, 2.45) is 0 Å². The minimum Gasteiger partial charge on any atom is -0.493 e. The van der Waals surface area contributed by atoms with E-state index in [1.165, 1.54) is 31.0 Å². The first-order valence-electron chi connectivity index (χ1n) is 8.34. The molecular weight excluding hydrogens is 380 g/mol. The first-order valence-corrected chi connectivity index (χ1v) is 8.34. The molecule has 0 amide bonds. The molecule has 0 saturated heterocycles. The number of hydrogen-bond acceptors (Lipinski definition) is 8. The van der Waals surface area contributed by atoms with Crippen LogP contribution in [0.4, 0.5) is 0 Å². The summed E-state index contributed by atoms with van der Waals surface area (Å²) in [5.41, 5.74) is 0.793. The third kappa shape index (κ3) is 3.02. The molecule has 29 heavy (non-hydrogen) atoms. The van der Waals surface area contributed by atoms with E-state index in [4.69, 9.17) is 19.3 Å². The van der Waals surface area contributed by atoms with Crippen LogP contribution in [0.25, 0.3) is 17.0 Å². The quantitative estimate of drug-likeness (QED) is 0.523. The first kappa shape index (κ1) is 18.1. The molecule has 3 heterocycles. The molecule has 0 aliphatic rings. The van der Waals surface area contributed by atoms with Gasteiger partial charge in [-0.05, 0) is 18.2 Å². The molecule has 0 spiro atoms. The monoisotopic (exact) mass is 394 g/mol. The SMILES string of the molecule is COc1ccc(-c2noc(=O)n2Cc2cc(=O)n3[nH]cc(C#N)c3n2)cc1OC. The highest BCUT2D eigenvalue weighted by atomic mass is 16.5. The van der Waals surface area contributed by atoms with Crippen molar-refractivity contribution in [3.05, 3.63) is 62.6 Å². The minimum absolute atomic E-state index is 0.0756. The fourth-order valence-electron chi connectivity index (χ4n) is 2.94. The fraction of sp³-hybridized carbons (Fsp3) is 0.167. The minimum atomic E-state index is -0.716. The molecule has 146 valence electrons. The highest BCUT2D eigenvalue weighted by Gasteiger charge is 2.17. The summed E-state index contributed by atoms with van der Waals surface area (Å²) in [4.78, 5) is 28.8. The smallest absolute Gasteiger partial charge is 0.442 e. The molecule has 11 nitrogen and oxygen atoms in total. The van der Waals surface area contributed by atoms with Gasteiger partial charge in [0.15, 0.2) is 23.0 Å². The van der Waals surface area contributed by atoms with Crippen molar-refractivity contribution >= 4 is 5.65 Å². The van der Waals surface area contributed by atoms with E-state index in [1.807, 2.05) is 6.07 Å². The zero-order valence-corrected chi connectivity index (χ0v) is 15.4. The van der Waals surface area contributed by atoms with Crippen LogP contribution < -0.4 is 20.8 Å². The molecule has 1 aromatic carbocycles. The van der Waals surface area contributed by atoms with Gasteiger partial charge in [-0.3, -0.25) is 19.0 Å². The van der Waals surface area contributed by atoms with Crippen LogP contribution in [-0.4, -0.2) is 38.5 Å². The second-order valence-corrected chi connectivity index (χ2v) is 5.97. The van der Waals surface area contributed by atoms with Gasteiger partial charge in [0.1, 0.15) is 11.6 Å². The number of H-pyrrole nitrogens is 1. The standard InChI is InChI=1S/C18H14N6O5/c1-27-13-4-3-10(5-14(13)28-2)17-22-29-18(26)23(17)9-12-6-15(25)24-16(21-12)11(7-19)8-20-24/h3-6,8,20H,9H2,1-2H3. The Bertz CT molecular complexity index is 1370. The van der Waals surface area contributed by atoms with Gasteiger partial charge in [-0.1, -0.05) is 5.16 Å². The molecular formula is C18H14N6O5. The van der Waals surface area contributed by atoms with Crippen molar-refractivity contribution in [2.45, 2.75) is 6.54 Å². The summed E-state index contributed by atoms with van der Waals surface area (Å²) in [5.74, 6) is 0.486. The number of rotatable bonds is 5. The zero-order valence-electron chi connectivity index (χ0n) is 15.4. The maximum Gasteiger partial charge on any atom is 0.442 e. The third-order valence-corrected chi connectivity index (χ3v) is 4.32. The molecule has 3 aromatic heterocycles. The summed E-state index contributed by atoms with van der Waals surface area (Å²) in [6, 6.07) is 8.24. The highest BCUT2D eigenvalue weighted by molar-refractivity contribution is 5.61. The zero-order chi connectivity index (χ0) is 20.5. The summed E-state index contributed by atoms with van der Waals surface area (Å²) < 4.78 is 17.7. The normalized spacial score (nSPS) is 10.8. The topological polar surface area (TPSA) is 140 Å². The summed E-state index contributed by atoms with van der Waals surface area (Å²) in [5, 5.41) is 15.7. The Morgan fingerprint density at radius 1 is 1.21 bits per heavy atom. The number of aromatic amines is 1. The van der Waals surface area contributed by atoms with E-state index in [-0.39, 0.29) is 29.3 Å². The van der Waals surface area contributed by atoms with Crippen LogP contribution in [0.15, 0.2) is 44.6 Å². The molecule has 0 atom stereocenters. The maximum absolute atomic E-state index is 12.3. The summed E-state index contributed by atoms with van der Waals surface area (Å²) in [6.07, 6.45) is 1.38. The molecule has 0 fully saturated rings. The van der Waals surface area contributed by atoms with E-state index in [9.17, 15) is 9.59 Å². The summed E-state index contributed by atoms with van der Waals surface area (Å²) >= 11 is 0. The van der Waals surface area contributed by atoms with E-state index in [2.05, 4.69) is 15.2 Å². The first-order chi connectivity index (χ1) is 14.0. The second-order valence-electron chi connectivity index (χ2n) is 5.97. The number of methoxy groups -OCH3 is 2. The van der Waals surface area contributed by atoms with Gasteiger partial charge in [0.05, 0.1) is 26.5 Å². The highest BCUT2D eigenvalue weighted by Crippen LogP contribution is 2.31. The number of aromatic nitrogens is 5. The molecule has 11 heteroatoms. The molecule has 0 unspecified atom stereocenters. The molecule has 1 N–H and O–H groups in total. The van der Waals surface area contributed by atoms with Gasteiger partial charge in [-0.15, -0.1) is 0 Å². The van der Waals surface area contributed by atoms with Crippen molar-refractivity contribution in [2.75, 3.05) is 14.2 Å². The number of ether oxygens (including phenoxy) is 2. The number of hydrogen-bond donors (Lipinski definition) is 1. The largest absolute Gasteiger partial charge is 0.493 e. The average molecular weight is 394 g/mol. The molecule has 0 aliphatic heterocycles. The molecule has 0 bridgehead atoms. The number of fused-ring (bicyclic) bond motifs is 1. The van der Waals surface area contributed by atoms with E-state index in [1.54, 1.807) is 18.2 Å². The Kier molecular flexibility index (Phi) is 4.36. The van der Waals surface area contributed by atoms with E-state index < -0.39 is 11.3 Å². The van der Waals surface area contributed by atoms with Gasteiger partial charge < -0.3 is 9.47 Å². The summed E-state index contributed by atoms with van der Waals surface area (Å²) in [7, 11) is 3.01. The van der Waals surface area contributed by atoms with Gasteiger partial charge in [0, 0.05) is 17.8 Å². The Labute approximate surface area is 162 Å². The lowest BCUT2D eigenvalue weighted by atomic mass is 10.2. The van der Waals surface area contributed by atoms with Gasteiger partial charge in [0.25, 0.3) is 5.56 Å². The Morgan fingerprint density at radius 2 is 2.00 bits per heavy atom.